The van der Waals surface area contributed by atoms with Crippen molar-refractivity contribution in [2.24, 2.45) is 11.8 Å². The first-order valence-corrected chi connectivity index (χ1v) is 9.12. The monoisotopic (exact) mass is 352 g/mol. The van der Waals surface area contributed by atoms with Crippen LogP contribution in [0.1, 0.15) is 19.8 Å². The summed E-state index contributed by atoms with van der Waals surface area (Å²) in [6, 6.07) is 5.75. The highest BCUT2D eigenvalue weighted by Crippen LogP contribution is 2.27. The number of carboxylic acid groups (broad SMARTS) is 1. The molecule has 130 valence electrons. The van der Waals surface area contributed by atoms with Crippen molar-refractivity contribution in [1.29, 1.82) is 0 Å². The topological polar surface area (TPSA) is 113 Å². The Morgan fingerprint density at radius 2 is 1.71 bits per heavy atom. The molecule has 0 fully saturated rings. The molecule has 0 saturated heterocycles. The van der Waals surface area contributed by atoms with Gasteiger partial charge in [-0.1, -0.05) is 19.1 Å². The minimum atomic E-state index is -3.55. The molecule has 8 heteroatoms. The van der Waals surface area contributed by atoms with Crippen LogP contribution in [0.4, 0.5) is 5.69 Å². The third-order valence-electron chi connectivity index (χ3n) is 3.85. The third-order valence-corrected chi connectivity index (χ3v) is 5.41. The van der Waals surface area contributed by atoms with Crippen molar-refractivity contribution in [1.82, 2.24) is 4.72 Å². The Hall–Kier alpha value is -2.19. The Kier molecular flexibility index (Phi) is 5.74. The van der Waals surface area contributed by atoms with Crippen LogP contribution in [-0.2, 0) is 19.6 Å². The van der Waals surface area contributed by atoms with Crippen LogP contribution in [0.2, 0.25) is 0 Å². The van der Waals surface area contributed by atoms with E-state index in [4.69, 9.17) is 0 Å². The molecule has 7 nitrogen and oxygen atoms in total. The molecule has 0 unspecified atom stereocenters. The highest BCUT2D eigenvalue weighted by atomic mass is 32.2. The molecule has 0 heterocycles. The zero-order valence-electron chi connectivity index (χ0n) is 13.2. The first-order valence-electron chi connectivity index (χ1n) is 7.63. The number of amides is 1. The van der Waals surface area contributed by atoms with Crippen LogP contribution in [0.15, 0.2) is 41.3 Å². The summed E-state index contributed by atoms with van der Waals surface area (Å²) in [7, 11) is -3.55. The molecule has 0 spiro atoms. The van der Waals surface area contributed by atoms with Crippen molar-refractivity contribution in [3.63, 3.8) is 0 Å². The fourth-order valence-corrected chi connectivity index (χ4v) is 3.64. The molecule has 0 saturated carbocycles. The Morgan fingerprint density at radius 1 is 1.12 bits per heavy atom. The Balaban J connectivity index is 2.09. The number of allylic oxidation sites excluding steroid dienone is 2. The van der Waals surface area contributed by atoms with Gasteiger partial charge in [0.25, 0.3) is 0 Å². The number of carbonyl (C=O) groups is 2. The fraction of sp³-hybridized carbons (Fsp3) is 0.375. The maximum Gasteiger partial charge on any atom is 0.307 e. The average molecular weight is 352 g/mol. The van der Waals surface area contributed by atoms with Crippen LogP contribution in [-0.4, -0.2) is 31.9 Å². The van der Waals surface area contributed by atoms with Gasteiger partial charge in [0.1, 0.15) is 0 Å². The van der Waals surface area contributed by atoms with Gasteiger partial charge in [-0.2, -0.15) is 0 Å². The highest BCUT2D eigenvalue weighted by molar-refractivity contribution is 7.89. The van der Waals surface area contributed by atoms with Gasteiger partial charge in [-0.25, -0.2) is 13.1 Å². The molecule has 0 bridgehead atoms. The lowest BCUT2D eigenvalue weighted by atomic mass is 9.82. The number of rotatable bonds is 6. The predicted octanol–water partition coefficient (Wildman–Crippen LogP) is 1.59. The number of hydrogen-bond acceptors (Lipinski definition) is 4. The van der Waals surface area contributed by atoms with Crippen molar-refractivity contribution in [2.75, 3.05) is 11.9 Å². The van der Waals surface area contributed by atoms with E-state index in [0.29, 0.717) is 18.5 Å². The van der Waals surface area contributed by atoms with Crippen LogP contribution in [0.3, 0.4) is 0 Å². The zero-order valence-corrected chi connectivity index (χ0v) is 14.0. The van der Waals surface area contributed by atoms with E-state index < -0.39 is 27.8 Å². The molecular weight excluding hydrogens is 332 g/mol. The number of hydrogen-bond donors (Lipinski definition) is 3. The molecule has 0 aliphatic heterocycles. The van der Waals surface area contributed by atoms with E-state index in [-0.39, 0.29) is 17.3 Å². The van der Waals surface area contributed by atoms with Crippen LogP contribution in [0.25, 0.3) is 0 Å². The molecule has 0 aromatic heterocycles. The summed E-state index contributed by atoms with van der Waals surface area (Å²) in [5.74, 6) is -2.76. The molecule has 2 atom stereocenters. The first kappa shape index (κ1) is 18.2. The number of benzene rings is 1. The quantitative estimate of drug-likeness (QED) is 0.673. The van der Waals surface area contributed by atoms with Gasteiger partial charge in [0.15, 0.2) is 0 Å². The Morgan fingerprint density at radius 3 is 2.25 bits per heavy atom. The third kappa shape index (κ3) is 4.21. The first-order chi connectivity index (χ1) is 11.3. The van der Waals surface area contributed by atoms with Crippen molar-refractivity contribution >= 4 is 27.6 Å². The van der Waals surface area contributed by atoms with Crippen LogP contribution in [0, 0.1) is 11.8 Å². The van der Waals surface area contributed by atoms with E-state index in [0.717, 1.165) is 0 Å². The van der Waals surface area contributed by atoms with Gasteiger partial charge in [-0.05, 0) is 37.1 Å². The molecule has 3 N–H and O–H groups in total. The summed E-state index contributed by atoms with van der Waals surface area (Å²) in [4.78, 5) is 23.7. The summed E-state index contributed by atoms with van der Waals surface area (Å²) < 4.78 is 26.1. The summed E-state index contributed by atoms with van der Waals surface area (Å²) >= 11 is 0. The van der Waals surface area contributed by atoms with E-state index >= 15 is 0 Å². The van der Waals surface area contributed by atoms with Crippen molar-refractivity contribution in [3.8, 4) is 0 Å². The minimum absolute atomic E-state index is 0.103. The van der Waals surface area contributed by atoms with E-state index in [1.807, 2.05) is 0 Å². The van der Waals surface area contributed by atoms with Crippen LogP contribution in [0.5, 0.6) is 0 Å². The average Bonchev–Trinajstić information content (AvgIpc) is 2.55. The lowest BCUT2D eigenvalue weighted by molar-refractivity contribution is -0.146. The largest absolute Gasteiger partial charge is 0.481 e. The summed E-state index contributed by atoms with van der Waals surface area (Å²) in [5, 5.41) is 11.9. The normalized spacial score (nSPS) is 20.5. The molecule has 1 aliphatic rings. The zero-order chi connectivity index (χ0) is 17.7. The molecule has 0 radical (unpaired) electrons. The summed E-state index contributed by atoms with van der Waals surface area (Å²) in [5.41, 5.74) is 0.425. The van der Waals surface area contributed by atoms with Gasteiger partial charge >= 0.3 is 5.97 Å². The molecular formula is C16H20N2O5S. The number of aliphatic carboxylic acids is 1. The standard InChI is InChI=1S/C16H20N2O5S/c1-2-17-24(22,23)12-9-7-11(8-10-12)18-15(19)13-5-3-4-6-14(13)16(20)21/h3-4,7-10,13-14,17H,2,5-6H2,1H3,(H,18,19)(H,20,21)/t13-,14-/m0/s1. The number of anilines is 1. The maximum absolute atomic E-state index is 12.3. The molecule has 1 aromatic carbocycles. The minimum Gasteiger partial charge on any atom is -0.481 e. The lowest BCUT2D eigenvalue weighted by Crippen LogP contribution is -2.34. The van der Waals surface area contributed by atoms with Gasteiger partial charge in [0.05, 0.1) is 16.7 Å². The number of nitrogens with one attached hydrogen (secondary N) is 2. The predicted molar refractivity (Wildman–Crippen MR) is 88.9 cm³/mol. The Labute approximate surface area is 140 Å². The maximum atomic E-state index is 12.3. The SMILES string of the molecule is CCNS(=O)(=O)c1ccc(NC(=O)[C@H]2CC=CC[C@@H]2C(=O)O)cc1. The number of carbonyl (C=O) groups excluding carboxylic acids is 1. The number of sulfonamides is 1. The summed E-state index contributed by atoms with van der Waals surface area (Å²) in [6.45, 7) is 1.97. The van der Waals surface area contributed by atoms with E-state index in [9.17, 15) is 23.1 Å². The molecule has 2 rings (SSSR count). The second-order valence-electron chi connectivity index (χ2n) is 5.51. The van der Waals surface area contributed by atoms with Gasteiger partial charge in [-0.15, -0.1) is 0 Å². The lowest BCUT2D eigenvalue weighted by Gasteiger charge is -2.24. The van der Waals surface area contributed by atoms with Gasteiger partial charge in [0, 0.05) is 12.2 Å². The molecule has 1 aromatic rings. The van der Waals surface area contributed by atoms with Gasteiger partial charge in [0.2, 0.25) is 15.9 Å². The molecule has 1 amide bonds. The molecule has 24 heavy (non-hydrogen) atoms. The van der Waals surface area contributed by atoms with Crippen molar-refractivity contribution in [2.45, 2.75) is 24.7 Å². The van der Waals surface area contributed by atoms with Crippen molar-refractivity contribution < 1.29 is 23.1 Å². The van der Waals surface area contributed by atoms with Crippen LogP contribution < -0.4 is 10.0 Å². The second kappa shape index (κ2) is 7.59. The smallest absolute Gasteiger partial charge is 0.307 e. The fourth-order valence-electron chi connectivity index (χ4n) is 2.60. The van der Waals surface area contributed by atoms with E-state index in [2.05, 4.69) is 10.0 Å². The molecule has 1 aliphatic carbocycles. The Bertz CT molecular complexity index is 740. The van der Waals surface area contributed by atoms with Crippen LogP contribution >= 0.6 is 0 Å². The number of carboxylic acids is 1. The highest BCUT2D eigenvalue weighted by Gasteiger charge is 2.33. The van der Waals surface area contributed by atoms with E-state index in [1.54, 1.807) is 19.1 Å². The second-order valence-corrected chi connectivity index (χ2v) is 7.28. The van der Waals surface area contributed by atoms with Gasteiger partial charge < -0.3 is 10.4 Å². The van der Waals surface area contributed by atoms with Gasteiger partial charge in [-0.3, -0.25) is 9.59 Å². The summed E-state index contributed by atoms with van der Waals surface area (Å²) in [6.07, 6.45) is 4.27. The van der Waals surface area contributed by atoms with Crippen molar-refractivity contribution in [3.05, 3.63) is 36.4 Å². The van der Waals surface area contributed by atoms with E-state index in [1.165, 1.54) is 24.3 Å².